The molecule has 0 saturated carbocycles. The van der Waals surface area contributed by atoms with Gasteiger partial charge >= 0.3 is 0 Å². The van der Waals surface area contributed by atoms with E-state index in [0.717, 1.165) is 12.8 Å². The Morgan fingerprint density at radius 2 is 2.22 bits per heavy atom. The number of hydrogen-bond donors (Lipinski definition) is 1. The van der Waals surface area contributed by atoms with Gasteiger partial charge in [0.1, 0.15) is 5.60 Å². The fourth-order valence-corrected chi connectivity index (χ4v) is 0.577. The van der Waals surface area contributed by atoms with Crippen LogP contribution < -0.4 is 0 Å². The molecule has 0 fully saturated rings. The molecule has 1 N–H and O–H groups in total. The van der Waals surface area contributed by atoms with Gasteiger partial charge < -0.3 is 5.11 Å². The summed E-state index contributed by atoms with van der Waals surface area (Å²) >= 11 is 0. The van der Waals surface area contributed by atoms with Crippen LogP contribution in [-0.4, -0.2) is 10.7 Å². The first-order valence-corrected chi connectivity index (χ1v) is 3.26. The summed E-state index contributed by atoms with van der Waals surface area (Å²) in [6, 6.07) is 1.83. The molecule has 0 saturated heterocycles. The first kappa shape index (κ1) is 8.45. The number of rotatable bonds is 3. The minimum Gasteiger partial charge on any atom is -0.376 e. The Bertz CT molecular complexity index is 113. The van der Waals surface area contributed by atoms with Crippen molar-refractivity contribution < 1.29 is 5.11 Å². The third kappa shape index (κ3) is 3.99. The molecular weight excluding hydrogens is 114 g/mol. The van der Waals surface area contributed by atoms with Crippen LogP contribution in [0.3, 0.4) is 0 Å². The Labute approximate surface area is 56.1 Å². The quantitative estimate of drug-likeness (QED) is 0.583. The number of aliphatic hydroxyl groups is 1. The van der Waals surface area contributed by atoms with Gasteiger partial charge in [-0.2, -0.15) is 5.26 Å². The molecule has 2 nitrogen and oxygen atoms in total. The minimum atomic E-state index is -1.10. The van der Waals surface area contributed by atoms with Crippen LogP contribution in [0.25, 0.3) is 0 Å². The fourth-order valence-electron chi connectivity index (χ4n) is 0.577. The van der Waals surface area contributed by atoms with E-state index in [1.807, 2.05) is 13.0 Å². The molecule has 0 amide bonds. The zero-order chi connectivity index (χ0) is 7.33. The molecule has 0 spiro atoms. The Hall–Kier alpha value is -0.550. The largest absolute Gasteiger partial charge is 0.376 e. The highest BCUT2D eigenvalue weighted by molar-refractivity contribution is 4.95. The summed E-state index contributed by atoms with van der Waals surface area (Å²) in [6.45, 7) is 3.58. The SMILES string of the molecule is CCCCC(C)(O)C#N. The molecule has 0 bridgehead atoms. The van der Waals surface area contributed by atoms with Crippen LogP contribution in [0, 0.1) is 11.3 Å². The predicted octanol–water partition coefficient (Wildman–Crippen LogP) is 1.45. The second-order valence-corrected chi connectivity index (χ2v) is 2.49. The summed E-state index contributed by atoms with van der Waals surface area (Å²) in [5, 5.41) is 17.4. The van der Waals surface area contributed by atoms with Crippen molar-refractivity contribution in [1.29, 1.82) is 5.26 Å². The molecule has 0 aromatic rings. The van der Waals surface area contributed by atoms with Crippen LogP contribution in [0.5, 0.6) is 0 Å². The summed E-state index contributed by atoms with van der Waals surface area (Å²) in [5.74, 6) is 0. The van der Waals surface area contributed by atoms with Gasteiger partial charge in [-0.15, -0.1) is 0 Å². The topological polar surface area (TPSA) is 44.0 Å². The van der Waals surface area contributed by atoms with E-state index in [4.69, 9.17) is 10.4 Å². The molecule has 0 heterocycles. The number of unbranched alkanes of at least 4 members (excludes halogenated alkanes) is 1. The first-order valence-electron chi connectivity index (χ1n) is 3.26. The molecule has 0 aliphatic heterocycles. The molecule has 52 valence electrons. The normalized spacial score (nSPS) is 16.2. The first-order chi connectivity index (χ1) is 4.12. The molecular formula is C7H13NO. The lowest BCUT2D eigenvalue weighted by Gasteiger charge is -2.11. The third-order valence-corrected chi connectivity index (χ3v) is 1.26. The zero-order valence-corrected chi connectivity index (χ0v) is 6.02. The Kier molecular flexibility index (Phi) is 3.26. The molecule has 2 heteroatoms. The summed E-state index contributed by atoms with van der Waals surface area (Å²) in [4.78, 5) is 0. The molecule has 1 unspecified atom stereocenters. The summed E-state index contributed by atoms with van der Waals surface area (Å²) < 4.78 is 0. The second-order valence-electron chi connectivity index (χ2n) is 2.49. The molecule has 0 radical (unpaired) electrons. The van der Waals surface area contributed by atoms with Crippen LogP contribution in [0.4, 0.5) is 0 Å². The van der Waals surface area contributed by atoms with Gasteiger partial charge in [-0.05, 0) is 19.8 Å². The molecule has 0 aromatic heterocycles. The average Bonchev–Trinajstić information content (AvgIpc) is 1.84. The van der Waals surface area contributed by atoms with E-state index in [1.54, 1.807) is 6.92 Å². The standard InChI is InChI=1S/C7H13NO/c1-3-4-5-7(2,9)6-8/h9H,3-5H2,1-2H3. The van der Waals surface area contributed by atoms with Crippen molar-refractivity contribution in [3.63, 3.8) is 0 Å². The molecule has 0 rings (SSSR count). The predicted molar refractivity (Wildman–Crippen MR) is 35.8 cm³/mol. The van der Waals surface area contributed by atoms with Gasteiger partial charge in [0.25, 0.3) is 0 Å². The monoisotopic (exact) mass is 127 g/mol. The van der Waals surface area contributed by atoms with Crippen LogP contribution in [0.2, 0.25) is 0 Å². The van der Waals surface area contributed by atoms with Crippen molar-refractivity contribution in [2.45, 2.75) is 38.7 Å². The Balaban J connectivity index is 3.49. The van der Waals surface area contributed by atoms with Crippen molar-refractivity contribution in [2.75, 3.05) is 0 Å². The number of hydrogen-bond acceptors (Lipinski definition) is 2. The third-order valence-electron chi connectivity index (χ3n) is 1.26. The van der Waals surface area contributed by atoms with E-state index in [0.29, 0.717) is 6.42 Å². The number of nitriles is 1. The maximum atomic E-state index is 9.09. The molecule has 0 aliphatic carbocycles. The summed E-state index contributed by atoms with van der Waals surface area (Å²) in [5.41, 5.74) is -1.10. The van der Waals surface area contributed by atoms with Crippen molar-refractivity contribution in [2.24, 2.45) is 0 Å². The van der Waals surface area contributed by atoms with Crippen LogP contribution in [0.1, 0.15) is 33.1 Å². The van der Waals surface area contributed by atoms with Crippen LogP contribution in [-0.2, 0) is 0 Å². The van der Waals surface area contributed by atoms with Crippen molar-refractivity contribution in [3.8, 4) is 6.07 Å². The van der Waals surface area contributed by atoms with Gasteiger partial charge in [0.15, 0.2) is 0 Å². The zero-order valence-electron chi connectivity index (χ0n) is 6.02. The van der Waals surface area contributed by atoms with Gasteiger partial charge in [0.2, 0.25) is 0 Å². The second kappa shape index (κ2) is 3.47. The van der Waals surface area contributed by atoms with Crippen LogP contribution in [0.15, 0.2) is 0 Å². The Morgan fingerprint density at radius 3 is 2.56 bits per heavy atom. The molecule has 0 aromatic carbocycles. The Morgan fingerprint density at radius 1 is 1.67 bits per heavy atom. The number of nitrogens with zero attached hydrogens (tertiary/aromatic N) is 1. The van der Waals surface area contributed by atoms with E-state index >= 15 is 0 Å². The average molecular weight is 127 g/mol. The lowest BCUT2D eigenvalue weighted by atomic mass is 10.0. The van der Waals surface area contributed by atoms with Crippen molar-refractivity contribution in [1.82, 2.24) is 0 Å². The lowest BCUT2D eigenvalue weighted by Crippen LogP contribution is -2.20. The molecule has 9 heavy (non-hydrogen) atoms. The summed E-state index contributed by atoms with van der Waals surface area (Å²) in [7, 11) is 0. The van der Waals surface area contributed by atoms with Crippen molar-refractivity contribution in [3.05, 3.63) is 0 Å². The molecule has 1 atom stereocenters. The van der Waals surface area contributed by atoms with E-state index in [1.165, 1.54) is 0 Å². The maximum Gasteiger partial charge on any atom is 0.148 e. The van der Waals surface area contributed by atoms with Gasteiger partial charge in [0, 0.05) is 0 Å². The van der Waals surface area contributed by atoms with E-state index in [-0.39, 0.29) is 0 Å². The van der Waals surface area contributed by atoms with Gasteiger partial charge in [0.05, 0.1) is 6.07 Å². The van der Waals surface area contributed by atoms with E-state index < -0.39 is 5.60 Å². The summed E-state index contributed by atoms with van der Waals surface area (Å²) in [6.07, 6.45) is 2.53. The van der Waals surface area contributed by atoms with Gasteiger partial charge in [-0.3, -0.25) is 0 Å². The smallest absolute Gasteiger partial charge is 0.148 e. The van der Waals surface area contributed by atoms with Gasteiger partial charge in [-0.25, -0.2) is 0 Å². The highest BCUT2D eigenvalue weighted by Gasteiger charge is 2.16. The fraction of sp³-hybridized carbons (Fsp3) is 0.857. The van der Waals surface area contributed by atoms with E-state index in [2.05, 4.69) is 0 Å². The highest BCUT2D eigenvalue weighted by Crippen LogP contribution is 2.10. The highest BCUT2D eigenvalue weighted by atomic mass is 16.3. The molecule has 0 aliphatic rings. The van der Waals surface area contributed by atoms with Crippen molar-refractivity contribution >= 4 is 0 Å². The minimum absolute atomic E-state index is 0.583. The van der Waals surface area contributed by atoms with E-state index in [9.17, 15) is 0 Å². The van der Waals surface area contributed by atoms with Crippen LogP contribution >= 0.6 is 0 Å². The maximum absolute atomic E-state index is 9.09. The van der Waals surface area contributed by atoms with Gasteiger partial charge in [-0.1, -0.05) is 13.3 Å². The lowest BCUT2D eigenvalue weighted by molar-refractivity contribution is 0.107.